The fourth-order valence-electron chi connectivity index (χ4n) is 3.30. The van der Waals surface area contributed by atoms with Crippen molar-refractivity contribution in [2.75, 3.05) is 0 Å². The molecule has 0 saturated heterocycles. The molecule has 120 valence electrons. The zero-order valence-electron chi connectivity index (χ0n) is 13.2. The monoisotopic (exact) mass is 311 g/mol. The molecule has 0 radical (unpaired) electrons. The number of rotatable bonds is 5. The first kappa shape index (κ1) is 14.3. The second-order valence-corrected chi connectivity index (χ2v) is 6.79. The van der Waals surface area contributed by atoms with Gasteiger partial charge in [-0.3, -0.25) is 9.36 Å². The van der Waals surface area contributed by atoms with E-state index in [0.717, 1.165) is 11.4 Å². The molecule has 1 heterocycles. The average molecular weight is 311 g/mol. The molecule has 2 aromatic rings. The summed E-state index contributed by atoms with van der Waals surface area (Å²) in [5.41, 5.74) is 2.10. The van der Waals surface area contributed by atoms with Gasteiger partial charge in [-0.15, -0.1) is 0 Å². The maximum absolute atomic E-state index is 12.5. The van der Waals surface area contributed by atoms with Gasteiger partial charge in [0.1, 0.15) is 0 Å². The first-order valence-corrected chi connectivity index (χ1v) is 8.32. The number of amides is 1. The molecular weight excluding hydrogens is 290 g/mol. The Morgan fingerprint density at radius 2 is 1.78 bits per heavy atom. The Morgan fingerprint density at radius 3 is 2.26 bits per heavy atom. The first-order valence-electron chi connectivity index (χ1n) is 8.32. The van der Waals surface area contributed by atoms with Gasteiger partial charge in [0.2, 0.25) is 0 Å². The highest BCUT2D eigenvalue weighted by Crippen LogP contribution is 2.44. The van der Waals surface area contributed by atoms with Crippen LogP contribution in [0.25, 0.3) is 5.69 Å². The summed E-state index contributed by atoms with van der Waals surface area (Å²) in [5, 5.41) is 3.22. The van der Waals surface area contributed by atoms with Crippen LogP contribution in [-0.2, 0) is 0 Å². The zero-order chi connectivity index (χ0) is 16.0. The molecule has 2 aliphatic rings. The third-order valence-electron chi connectivity index (χ3n) is 4.91. The molecule has 2 aliphatic carbocycles. The van der Waals surface area contributed by atoms with Crippen LogP contribution in [0.3, 0.4) is 0 Å². The highest BCUT2D eigenvalue weighted by Gasteiger charge is 2.42. The lowest BCUT2D eigenvalue weighted by Crippen LogP contribution is -2.38. The highest BCUT2D eigenvalue weighted by molar-refractivity contribution is 5.94. The van der Waals surface area contributed by atoms with Crippen LogP contribution in [-0.4, -0.2) is 21.5 Å². The number of carbonyl (C=O) groups is 1. The van der Waals surface area contributed by atoms with Gasteiger partial charge in [-0.05, 0) is 68.7 Å². The number of imidazole rings is 1. The number of nitrogens with zero attached hydrogens (tertiary/aromatic N) is 1. The van der Waals surface area contributed by atoms with E-state index in [4.69, 9.17) is 0 Å². The van der Waals surface area contributed by atoms with E-state index in [-0.39, 0.29) is 11.6 Å². The van der Waals surface area contributed by atoms with Crippen LogP contribution in [0, 0.1) is 18.8 Å². The molecule has 0 spiro atoms. The van der Waals surface area contributed by atoms with Crippen molar-refractivity contribution >= 4 is 5.91 Å². The van der Waals surface area contributed by atoms with Crippen molar-refractivity contribution in [1.29, 1.82) is 0 Å². The average Bonchev–Trinajstić information content (AvgIpc) is 3.45. The summed E-state index contributed by atoms with van der Waals surface area (Å²) in [4.78, 5) is 26.9. The molecule has 2 saturated carbocycles. The second kappa shape index (κ2) is 5.41. The Kier molecular flexibility index (Phi) is 3.36. The van der Waals surface area contributed by atoms with Gasteiger partial charge in [-0.1, -0.05) is 0 Å². The van der Waals surface area contributed by atoms with Crippen molar-refractivity contribution in [1.82, 2.24) is 14.9 Å². The van der Waals surface area contributed by atoms with Crippen molar-refractivity contribution in [2.45, 2.75) is 38.6 Å². The van der Waals surface area contributed by atoms with Gasteiger partial charge in [0.05, 0.1) is 5.69 Å². The Morgan fingerprint density at radius 1 is 1.17 bits per heavy atom. The lowest BCUT2D eigenvalue weighted by atomic mass is 10.1. The summed E-state index contributed by atoms with van der Waals surface area (Å²) in [7, 11) is 0. The lowest BCUT2D eigenvalue weighted by Gasteiger charge is -2.17. The number of nitrogens with one attached hydrogen (secondary N) is 2. The molecule has 1 amide bonds. The summed E-state index contributed by atoms with van der Waals surface area (Å²) in [5.74, 6) is 1.37. The minimum absolute atomic E-state index is 0.00140. The zero-order valence-corrected chi connectivity index (χ0v) is 13.2. The van der Waals surface area contributed by atoms with E-state index in [1.165, 1.54) is 25.7 Å². The van der Waals surface area contributed by atoms with E-state index in [1.54, 1.807) is 22.9 Å². The fourth-order valence-corrected chi connectivity index (χ4v) is 3.30. The standard InChI is InChI=1S/C18H21N3O2/c1-11-10-19-18(23)21(11)15-8-6-14(7-9-15)17(22)20-16(12-2-3-12)13-4-5-13/h6-10,12-13,16H,2-5H2,1H3,(H,19,23)(H,20,22). The van der Waals surface area contributed by atoms with Gasteiger partial charge >= 0.3 is 5.69 Å². The number of benzene rings is 1. The quantitative estimate of drug-likeness (QED) is 0.890. The molecule has 2 N–H and O–H groups in total. The second-order valence-electron chi connectivity index (χ2n) is 6.79. The molecule has 1 aromatic carbocycles. The van der Waals surface area contributed by atoms with Crippen LogP contribution >= 0.6 is 0 Å². The van der Waals surface area contributed by atoms with Crippen molar-refractivity contribution < 1.29 is 4.79 Å². The Hall–Kier alpha value is -2.30. The summed E-state index contributed by atoms with van der Waals surface area (Å²) in [6.07, 6.45) is 6.66. The van der Waals surface area contributed by atoms with Crippen LogP contribution in [0.4, 0.5) is 0 Å². The SMILES string of the molecule is Cc1c[nH]c(=O)n1-c1ccc(C(=O)NC(C2CC2)C2CC2)cc1. The van der Waals surface area contributed by atoms with Crippen molar-refractivity contribution in [3.05, 3.63) is 52.2 Å². The number of hydrogen-bond acceptors (Lipinski definition) is 2. The van der Waals surface area contributed by atoms with Crippen molar-refractivity contribution in [3.63, 3.8) is 0 Å². The van der Waals surface area contributed by atoms with Crippen molar-refractivity contribution in [2.24, 2.45) is 11.8 Å². The minimum Gasteiger partial charge on any atom is -0.349 e. The molecule has 23 heavy (non-hydrogen) atoms. The van der Waals surface area contributed by atoms with Crippen LogP contribution in [0.5, 0.6) is 0 Å². The van der Waals surface area contributed by atoms with Gasteiger partial charge in [0.25, 0.3) is 5.91 Å². The van der Waals surface area contributed by atoms with E-state index in [2.05, 4.69) is 10.3 Å². The number of carbonyl (C=O) groups excluding carboxylic acids is 1. The lowest BCUT2D eigenvalue weighted by molar-refractivity contribution is 0.0926. The number of hydrogen-bond donors (Lipinski definition) is 2. The molecule has 4 rings (SSSR count). The van der Waals surface area contributed by atoms with E-state index < -0.39 is 0 Å². The minimum atomic E-state index is -0.165. The van der Waals surface area contributed by atoms with E-state index in [1.807, 2.05) is 19.1 Å². The molecule has 5 heteroatoms. The third kappa shape index (κ3) is 2.83. The molecule has 2 fully saturated rings. The van der Waals surface area contributed by atoms with E-state index in [9.17, 15) is 9.59 Å². The summed E-state index contributed by atoms with van der Waals surface area (Å²) in [6, 6.07) is 7.58. The van der Waals surface area contributed by atoms with Crippen LogP contribution < -0.4 is 11.0 Å². The smallest absolute Gasteiger partial charge is 0.330 e. The molecule has 0 unspecified atom stereocenters. The van der Waals surface area contributed by atoms with E-state index in [0.29, 0.717) is 23.4 Å². The third-order valence-corrected chi connectivity index (χ3v) is 4.91. The van der Waals surface area contributed by atoms with Gasteiger partial charge in [-0.25, -0.2) is 4.79 Å². The highest BCUT2D eigenvalue weighted by atomic mass is 16.2. The predicted molar refractivity (Wildman–Crippen MR) is 87.8 cm³/mol. The molecule has 5 nitrogen and oxygen atoms in total. The normalized spacial score (nSPS) is 17.5. The Balaban J connectivity index is 1.51. The number of aromatic amines is 1. The topological polar surface area (TPSA) is 66.9 Å². The number of H-pyrrole nitrogens is 1. The summed E-state index contributed by atoms with van der Waals surface area (Å²) < 4.78 is 1.60. The van der Waals surface area contributed by atoms with Gasteiger partial charge in [0.15, 0.2) is 0 Å². The first-order chi connectivity index (χ1) is 11.1. The fraction of sp³-hybridized carbons (Fsp3) is 0.444. The molecule has 0 atom stereocenters. The largest absolute Gasteiger partial charge is 0.349 e. The van der Waals surface area contributed by atoms with Gasteiger partial charge in [0, 0.05) is 23.5 Å². The van der Waals surface area contributed by atoms with Crippen LogP contribution in [0.15, 0.2) is 35.3 Å². The van der Waals surface area contributed by atoms with Crippen LogP contribution in [0.2, 0.25) is 0 Å². The molecule has 1 aromatic heterocycles. The summed E-state index contributed by atoms with van der Waals surface area (Å²) >= 11 is 0. The maximum atomic E-state index is 12.5. The van der Waals surface area contributed by atoms with Gasteiger partial charge in [-0.2, -0.15) is 0 Å². The van der Waals surface area contributed by atoms with E-state index >= 15 is 0 Å². The molecule has 0 aliphatic heterocycles. The predicted octanol–water partition coefficient (Wildman–Crippen LogP) is 2.39. The molecular formula is C18H21N3O2. The summed E-state index contributed by atoms with van der Waals surface area (Å²) in [6.45, 7) is 1.87. The number of aryl methyl sites for hydroxylation is 1. The number of aromatic nitrogens is 2. The Labute approximate surface area is 134 Å². The molecule has 0 bridgehead atoms. The van der Waals surface area contributed by atoms with Crippen molar-refractivity contribution in [3.8, 4) is 5.69 Å². The Bertz CT molecular complexity index is 767. The maximum Gasteiger partial charge on any atom is 0.330 e. The van der Waals surface area contributed by atoms with Crippen LogP contribution in [0.1, 0.15) is 41.7 Å². The van der Waals surface area contributed by atoms with Gasteiger partial charge < -0.3 is 10.3 Å².